The maximum Gasteiger partial charge on any atom is 0.407 e. The van der Waals surface area contributed by atoms with E-state index in [0.29, 0.717) is 19.8 Å². The summed E-state index contributed by atoms with van der Waals surface area (Å²) in [7, 11) is 0. The van der Waals surface area contributed by atoms with E-state index in [9.17, 15) is 9.59 Å². The van der Waals surface area contributed by atoms with E-state index in [1.165, 1.54) is 11.1 Å². The smallest absolute Gasteiger partial charge is 0.407 e. The summed E-state index contributed by atoms with van der Waals surface area (Å²) in [5, 5.41) is 5.27. The van der Waals surface area contributed by atoms with Crippen LogP contribution in [0.2, 0.25) is 0 Å². The molecule has 7 heteroatoms. The minimum atomic E-state index is -0.599. The maximum absolute atomic E-state index is 12.1. The number of fused-ring (bicyclic) bond motifs is 3. The Hall–Kier alpha value is -2.90. The fraction of sp³-hybridized carbons (Fsp3) is 0.417. The Bertz CT molecular complexity index is 825. The van der Waals surface area contributed by atoms with E-state index in [-0.39, 0.29) is 25.0 Å². The molecule has 0 fully saturated rings. The predicted octanol–water partition coefficient (Wildman–Crippen LogP) is 3.78. The average molecular weight is 427 g/mol. The third-order valence-electron chi connectivity index (χ3n) is 5.08. The third kappa shape index (κ3) is 6.54. The highest BCUT2D eigenvalue weighted by Gasteiger charge is 2.28. The second kappa shape index (κ2) is 12.1. The first-order valence-corrected chi connectivity index (χ1v) is 10.8. The lowest BCUT2D eigenvalue weighted by molar-refractivity contribution is -0.294. The topological polar surface area (TPSA) is 85.9 Å². The molecule has 3 rings (SSSR count). The zero-order chi connectivity index (χ0) is 21.9. The maximum atomic E-state index is 12.1. The van der Waals surface area contributed by atoms with Gasteiger partial charge >= 0.3 is 6.09 Å². The Balaban J connectivity index is 1.34. The number of nitrogens with one attached hydrogen (secondary N) is 2. The van der Waals surface area contributed by atoms with Gasteiger partial charge in [-0.2, -0.15) is 0 Å². The van der Waals surface area contributed by atoms with Crippen molar-refractivity contribution in [2.75, 3.05) is 32.9 Å². The van der Waals surface area contributed by atoms with E-state index >= 15 is 0 Å². The quantitative estimate of drug-likeness (QED) is 0.306. The van der Waals surface area contributed by atoms with Crippen LogP contribution in [0.4, 0.5) is 4.79 Å². The van der Waals surface area contributed by atoms with Crippen LogP contribution in [0.25, 0.3) is 11.1 Å². The van der Waals surface area contributed by atoms with E-state index in [2.05, 4.69) is 34.9 Å². The van der Waals surface area contributed by atoms with Gasteiger partial charge < -0.3 is 15.4 Å². The fourth-order valence-electron chi connectivity index (χ4n) is 3.58. The molecule has 0 bridgehead atoms. The molecule has 7 nitrogen and oxygen atoms in total. The van der Waals surface area contributed by atoms with Gasteiger partial charge in [0.05, 0.1) is 19.8 Å². The molecule has 0 unspecified atom stereocenters. The summed E-state index contributed by atoms with van der Waals surface area (Å²) in [5.41, 5.74) is 4.65. The summed E-state index contributed by atoms with van der Waals surface area (Å²) in [6.45, 7) is 3.71. The molecule has 0 saturated carbocycles. The first kappa shape index (κ1) is 22.8. The Morgan fingerprint density at radius 3 is 2.19 bits per heavy atom. The number of hydrogen-bond donors (Lipinski definition) is 2. The van der Waals surface area contributed by atoms with Crippen molar-refractivity contribution < 1.29 is 24.1 Å². The Kier molecular flexibility index (Phi) is 8.87. The van der Waals surface area contributed by atoms with Crippen LogP contribution < -0.4 is 10.6 Å². The van der Waals surface area contributed by atoms with Gasteiger partial charge in [-0.15, -0.1) is 0 Å². The van der Waals surface area contributed by atoms with Crippen molar-refractivity contribution in [2.24, 2.45) is 0 Å². The molecule has 0 atom stereocenters. The zero-order valence-corrected chi connectivity index (χ0v) is 17.9. The Morgan fingerprint density at radius 2 is 1.52 bits per heavy atom. The SMILES string of the molecule is CCCOOCCCCNC(=O)CNC(=O)OCC1c2ccccc2-c2ccccc21. The van der Waals surface area contributed by atoms with Gasteiger partial charge in [0.25, 0.3) is 0 Å². The van der Waals surface area contributed by atoms with Crippen LogP contribution in [0.15, 0.2) is 48.5 Å². The molecule has 0 aliphatic heterocycles. The van der Waals surface area contributed by atoms with Crippen LogP contribution >= 0.6 is 0 Å². The summed E-state index contributed by atoms with van der Waals surface area (Å²) in [6.07, 6.45) is 1.86. The van der Waals surface area contributed by atoms with Gasteiger partial charge in [-0.1, -0.05) is 55.5 Å². The zero-order valence-electron chi connectivity index (χ0n) is 17.9. The second-order valence-corrected chi connectivity index (χ2v) is 7.38. The van der Waals surface area contributed by atoms with Gasteiger partial charge in [0.15, 0.2) is 0 Å². The van der Waals surface area contributed by atoms with Crippen molar-refractivity contribution in [1.29, 1.82) is 0 Å². The van der Waals surface area contributed by atoms with Gasteiger partial charge in [-0.3, -0.25) is 4.79 Å². The van der Waals surface area contributed by atoms with Crippen molar-refractivity contribution in [3.8, 4) is 11.1 Å². The van der Waals surface area contributed by atoms with E-state index in [4.69, 9.17) is 14.5 Å². The van der Waals surface area contributed by atoms with Crippen LogP contribution in [0.5, 0.6) is 0 Å². The van der Waals surface area contributed by atoms with Crippen molar-refractivity contribution >= 4 is 12.0 Å². The first-order valence-electron chi connectivity index (χ1n) is 10.8. The number of unbranched alkanes of at least 4 members (excludes halogenated alkanes) is 1. The Morgan fingerprint density at radius 1 is 0.871 bits per heavy atom. The molecular formula is C24H30N2O5. The van der Waals surface area contributed by atoms with E-state index < -0.39 is 6.09 Å². The fourth-order valence-corrected chi connectivity index (χ4v) is 3.58. The molecule has 1 aliphatic carbocycles. The number of rotatable bonds is 12. The summed E-state index contributed by atoms with van der Waals surface area (Å²) >= 11 is 0. The number of carbonyl (C=O) groups excluding carboxylic acids is 2. The highest BCUT2D eigenvalue weighted by molar-refractivity contribution is 5.82. The summed E-state index contributed by atoms with van der Waals surface area (Å²) in [4.78, 5) is 33.9. The molecule has 0 heterocycles. The Labute approximate surface area is 183 Å². The standard InChI is InChI=1S/C24H30N2O5/c1-2-14-30-31-15-8-7-13-25-23(27)16-26-24(28)29-17-22-20-11-5-3-9-18(20)19-10-4-6-12-21(19)22/h3-6,9-12,22H,2,7-8,13-17H2,1H3,(H,25,27)(H,26,28). The van der Waals surface area contributed by atoms with Crippen molar-refractivity contribution in [3.05, 3.63) is 59.7 Å². The van der Waals surface area contributed by atoms with Gasteiger partial charge in [-0.25, -0.2) is 14.6 Å². The highest BCUT2D eigenvalue weighted by Crippen LogP contribution is 2.44. The number of benzene rings is 2. The molecule has 2 N–H and O–H groups in total. The van der Waals surface area contributed by atoms with Crippen molar-refractivity contribution in [2.45, 2.75) is 32.1 Å². The van der Waals surface area contributed by atoms with E-state index in [1.54, 1.807) is 0 Å². The van der Waals surface area contributed by atoms with Gasteiger partial charge in [0.1, 0.15) is 6.61 Å². The van der Waals surface area contributed by atoms with Gasteiger partial charge in [0, 0.05) is 12.5 Å². The molecule has 0 aromatic heterocycles. The van der Waals surface area contributed by atoms with Crippen molar-refractivity contribution in [3.63, 3.8) is 0 Å². The summed E-state index contributed by atoms with van der Waals surface area (Å²) < 4.78 is 5.42. The van der Waals surface area contributed by atoms with Crippen LogP contribution in [0, 0.1) is 0 Å². The van der Waals surface area contributed by atoms with Crippen LogP contribution in [-0.4, -0.2) is 44.9 Å². The number of ether oxygens (including phenoxy) is 1. The average Bonchev–Trinajstić information content (AvgIpc) is 3.12. The summed E-state index contributed by atoms with van der Waals surface area (Å²) in [5.74, 6) is -0.257. The molecule has 1 aliphatic rings. The third-order valence-corrected chi connectivity index (χ3v) is 5.08. The summed E-state index contributed by atoms with van der Waals surface area (Å²) in [6, 6.07) is 16.3. The van der Waals surface area contributed by atoms with Crippen molar-refractivity contribution in [1.82, 2.24) is 10.6 Å². The normalized spacial score (nSPS) is 12.2. The molecule has 166 valence electrons. The minimum Gasteiger partial charge on any atom is -0.449 e. The lowest BCUT2D eigenvalue weighted by Gasteiger charge is -2.14. The minimum absolute atomic E-state index is 0.00417. The van der Waals surface area contributed by atoms with Gasteiger partial charge in [-0.05, 0) is 41.5 Å². The number of amides is 2. The first-order chi connectivity index (χ1) is 15.2. The predicted molar refractivity (Wildman–Crippen MR) is 118 cm³/mol. The molecule has 2 amide bonds. The van der Waals surface area contributed by atoms with Crippen LogP contribution in [0.3, 0.4) is 0 Å². The lowest BCUT2D eigenvalue weighted by Crippen LogP contribution is -2.37. The second-order valence-electron chi connectivity index (χ2n) is 7.38. The molecule has 0 spiro atoms. The van der Waals surface area contributed by atoms with E-state index in [0.717, 1.165) is 30.4 Å². The number of carbonyl (C=O) groups is 2. The molecule has 2 aromatic carbocycles. The lowest BCUT2D eigenvalue weighted by atomic mass is 9.98. The number of hydrogen-bond acceptors (Lipinski definition) is 5. The van der Waals surface area contributed by atoms with E-state index in [1.807, 2.05) is 31.2 Å². The van der Waals surface area contributed by atoms with Crippen LogP contribution in [-0.2, 0) is 19.3 Å². The molecule has 0 saturated heterocycles. The molecule has 31 heavy (non-hydrogen) atoms. The molecule has 2 aromatic rings. The number of alkyl carbamates (subject to hydrolysis) is 1. The van der Waals surface area contributed by atoms with Crippen LogP contribution in [0.1, 0.15) is 43.2 Å². The monoisotopic (exact) mass is 426 g/mol. The largest absolute Gasteiger partial charge is 0.449 e. The van der Waals surface area contributed by atoms with Gasteiger partial charge in [0.2, 0.25) is 5.91 Å². The highest BCUT2D eigenvalue weighted by atomic mass is 17.2. The molecule has 0 radical (unpaired) electrons. The molecular weight excluding hydrogens is 396 g/mol.